The number of aliphatic carboxylic acids is 1. The number of fused-ring (bicyclic) bond motifs is 2. The molecule has 0 spiro atoms. The zero-order valence-corrected chi connectivity index (χ0v) is 12.2. The lowest BCUT2D eigenvalue weighted by Gasteiger charge is -2.26. The normalized spacial score (nSPS) is 28.4. The zero-order valence-electron chi connectivity index (χ0n) is 12.2. The first kappa shape index (κ1) is 13.8. The number of carbonyl (C=O) groups excluding carboxylic acids is 2. The summed E-state index contributed by atoms with van der Waals surface area (Å²) in [6, 6.07) is 9.77. The smallest absolute Gasteiger partial charge is 0.141 e. The van der Waals surface area contributed by atoms with Crippen LogP contribution in [0.5, 0.6) is 0 Å². The Morgan fingerprint density at radius 1 is 1.33 bits per heavy atom. The molecule has 0 N–H and O–H groups in total. The van der Waals surface area contributed by atoms with E-state index in [1.165, 1.54) is 0 Å². The first-order valence-electron chi connectivity index (χ1n) is 7.15. The van der Waals surface area contributed by atoms with Crippen molar-refractivity contribution in [3.05, 3.63) is 53.1 Å². The molecule has 1 fully saturated rings. The standard InChI is InChI=1S/C18H18O3/c1-11(17(20)21)8-14-16(12-6-4-3-5-7-12)13-9-18(14,2)10-15(13)19/h3-8,13H,9-10H2,1-2H3,(H,20,21)/p-1/b11-8+. The predicted octanol–water partition coefficient (Wildman–Crippen LogP) is 2.14. The van der Waals surface area contributed by atoms with Crippen LogP contribution in [0, 0.1) is 11.3 Å². The summed E-state index contributed by atoms with van der Waals surface area (Å²) in [5.41, 5.74) is 2.95. The van der Waals surface area contributed by atoms with Crippen molar-refractivity contribution in [2.24, 2.45) is 11.3 Å². The van der Waals surface area contributed by atoms with E-state index in [0.29, 0.717) is 6.42 Å². The lowest BCUT2D eigenvalue weighted by atomic mass is 9.78. The fourth-order valence-corrected chi connectivity index (χ4v) is 3.63. The maximum Gasteiger partial charge on any atom is 0.141 e. The van der Waals surface area contributed by atoms with Gasteiger partial charge in [-0.2, -0.15) is 0 Å². The first-order chi connectivity index (χ1) is 9.92. The van der Waals surface area contributed by atoms with E-state index in [0.717, 1.165) is 23.1 Å². The highest BCUT2D eigenvalue weighted by molar-refractivity contribution is 6.02. The summed E-state index contributed by atoms with van der Waals surface area (Å²) in [5.74, 6) is -0.995. The summed E-state index contributed by atoms with van der Waals surface area (Å²) in [6.45, 7) is 3.59. The lowest BCUT2D eigenvalue weighted by Crippen LogP contribution is -2.24. The van der Waals surface area contributed by atoms with Crippen LogP contribution in [-0.4, -0.2) is 11.8 Å². The molecule has 1 aromatic rings. The molecule has 1 saturated carbocycles. The molecule has 3 rings (SSSR count). The second-order valence-electron chi connectivity index (χ2n) is 6.27. The lowest BCUT2D eigenvalue weighted by molar-refractivity contribution is -0.299. The number of hydrogen-bond acceptors (Lipinski definition) is 3. The number of carbonyl (C=O) groups is 2. The van der Waals surface area contributed by atoms with E-state index in [4.69, 9.17) is 0 Å². The molecule has 0 saturated heterocycles. The van der Waals surface area contributed by atoms with E-state index in [1.54, 1.807) is 13.0 Å². The molecule has 1 aromatic carbocycles. The molecule has 2 atom stereocenters. The number of Topliss-reactive ketones (excluding diaryl/α,β-unsaturated/α-hetero) is 1. The third kappa shape index (κ3) is 2.13. The predicted molar refractivity (Wildman–Crippen MR) is 78.0 cm³/mol. The maximum atomic E-state index is 12.2. The van der Waals surface area contributed by atoms with Gasteiger partial charge in [-0.3, -0.25) is 4.79 Å². The molecule has 0 amide bonds. The first-order valence-corrected chi connectivity index (χ1v) is 7.15. The molecular weight excluding hydrogens is 264 g/mol. The Morgan fingerprint density at radius 2 is 2.00 bits per heavy atom. The second-order valence-corrected chi connectivity index (χ2v) is 6.27. The summed E-state index contributed by atoms with van der Waals surface area (Å²) in [6.07, 6.45) is 2.98. The number of allylic oxidation sites excluding steroid dienone is 3. The average Bonchev–Trinajstić information content (AvgIpc) is 2.89. The monoisotopic (exact) mass is 281 g/mol. The molecule has 0 aliphatic heterocycles. The summed E-state index contributed by atoms with van der Waals surface area (Å²) in [7, 11) is 0. The highest BCUT2D eigenvalue weighted by Crippen LogP contribution is 2.58. The van der Waals surface area contributed by atoms with Crippen molar-refractivity contribution in [2.45, 2.75) is 26.7 Å². The number of rotatable bonds is 3. The van der Waals surface area contributed by atoms with Gasteiger partial charge in [0, 0.05) is 17.8 Å². The Hall–Kier alpha value is -2.16. The van der Waals surface area contributed by atoms with Gasteiger partial charge in [0.25, 0.3) is 0 Å². The molecule has 0 heterocycles. The van der Waals surface area contributed by atoms with E-state index >= 15 is 0 Å². The van der Waals surface area contributed by atoms with Gasteiger partial charge in [-0.25, -0.2) is 0 Å². The van der Waals surface area contributed by atoms with Crippen molar-refractivity contribution in [1.82, 2.24) is 0 Å². The zero-order chi connectivity index (χ0) is 15.2. The molecule has 2 aliphatic carbocycles. The van der Waals surface area contributed by atoms with Gasteiger partial charge in [0.15, 0.2) is 0 Å². The van der Waals surface area contributed by atoms with Crippen molar-refractivity contribution in [1.29, 1.82) is 0 Å². The van der Waals surface area contributed by atoms with Crippen LogP contribution in [-0.2, 0) is 9.59 Å². The van der Waals surface area contributed by atoms with E-state index in [1.807, 2.05) is 30.3 Å². The van der Waals surface area contributed by atoms with Crippen LogP contribution in [0.25, 0.3) is 5.57 Å². The van der Waals surface area contributed by atoms with E-state index in [9.17, 15) is 14.7 Å². The van der Waals surface area contributed by atoms with Crippen molar-refractivity contribution in [3.63, 3.8) is 0 Å². The van der Waals surface area contributed by atoms with Gasteiger partial charge in [-0.15, -0.1) is 0 Å². The largest absolute Gasteiger partial charge is 0.545 e. The van der Waals surface area contributed by atoms with Crippen molar-refractivity contribution >= 4 is 17.3 Å². The Morgan fingerprint density at radius 3 is 2.62 bits per heavy atom. The third-order valence-electron chi connectivity index (χ3n) is 4.66. The van der Waals surface area contributed by atoms with E-state index in [2.05, 4.69) is 6.92 Å². The van der Waals surface area contributed by atoms with Gasteiger partial charge >= 0.3 is 0 Å². The molecule has 108 valence electrons. The molecule has 2 unspecified atom stereocenters. The van der Waals surface area contributed by atoms with Gasteiger partial charge in [0.2, 0.25) is 0 Å². The Labute approximate surface area is 124 Å². The Bertz CT molecular complexity index is 682. The molecule has 21 heavy (non-hydrogen) atoms. The van der Waals surface area contributed by atoms with Gasteiger partial charge in [-0.1, -0.05) is 43.3 Å². The molecule has 3 nitrogen and oxygen atoms in total. The summed E-state index contributed by atoms with van der Waals surface area (Å²) >= 11 is 0. The van der Waals surface area contributed by atoms with Crippen LogP contribution in [0.15, 0.2) is 47.6 Å². The SMILES string of the molecule is C/C(=C\C1=C(c2ccccc2)C2CC1(C)CC2=O)C(=O)[O-]. The van der Waals surface area contributed by atoms with E-state index in [-0.39, 0.29) is 22.7 Å². The third-order valence-corrected chi connectivity index (χ3v) is 4.66. The summed E-state index contributed by atoms with van der Waals surface area (Å²) < 4.78 is 0. The number of hydrogen-bond donors (Lipinski definition) is 0. The minimum absolute atomic E-state index is 0.0989. The molecule has 0 radical (unpaired) electrons. The van der Waals surface area contributed by atoms with Crippen molar-refractivity contribution in [2.75, 3.05) is 0 Å². The van der Waals surface area contributed by atoms with Gasteiger partial charge in [-0.05, 0) is 35.6 Å². The fraction of sp³-hybridized carbons (Fsp3) is 0.333. The van der Waals surface area contributed by atoms with Crippen LogP contribution in [0.4, 0.5) is 0 Å². The molecular formula is C18H17O3-. The number of carboxylic acids is 1. The maximum absolute atomic E-state index is 12.2. The van der Waals surface area contributed by atoms with Gasteiger partial charge in [0.1, 0.15) is 5.78 Å². The fourth-order valence-electron chi connectivity index (χ4n) is 3.63. The minimum Gasteiger partial charge on any atom is -0.545 e. The van der Waals surface area contributed by atoms with Crippen LogP contribution in [0.3, 0.4) is 0 Å². The minimum atomic E-state index is -1.16. The van der Waals surface area contributed by atoms with Crippen LogP contribution in [0.2, 0.25) is 0 Å². The average molecular weight is 281 g/mol. The second kappa shape index (κ2) is 4.69. The number of carboxylic acid groups (broad SMARTS) is 1. The quantitative estimate of drug-likeness (QED) is 0.798. The number of ketones is 1. The van der Waals surface area contributed by atoms with Crippen LogP contribution in [0.1, 0.15) is 32.3 Å². The van der Waals surface area contributed by atoms with Crippen molar-refractivity contribution < 1.29 is 14.7 Å². The molecule has 0 aromatic heterocycles. The van der Waals surface area contributed by atoms with Crippen molar-refractivity contribution in [3.8, 4) is 0 Å². The summed E-state index contributed by atoms with van der Waals surface area (Å²) in [4.78, 5) is 23.2. The highest BCUT2D eigenvalue weighted by atomic mass is 16.4. The Balaban J connectivity index is 2.20. The molecule has 2 bridgehead atoms. The molecule has 2 aliphatic rings. The molecule has 3 heteroatoms. The van der Waals surface area contributed by atoms with Gasteiger partial charge in [0.05, 0.1) is 5.97 Å². The van der Waals surface area contributed by atoms with Crippen LogP contribution < -0.4 is 5.11 Å². The summed E-state index contributed by atoms with van der Waals surface area (Å²) in [5, 5.41) is 11.0. The topological polar surface area (TPSA) is 57.2 Å². The Kier molecular flexibility index (Phi) is 3.08. The number of benzene rings is 1. The van der Waals surface area contributed by atoms with E-state index < -0.39 is 5.97 Å². The highest BCUT2D eigenvalue weighted by Gasteiger charge is 2.52. The van der Waals surface area contributed by atoms with Gasteiger partial charge < -0.3 is 9.90 Å². The van der Waals surface area contributed by atoms with Crippen LogP contribution >= 0.6 is 0 Å².